The van der Waals surface area contributed by atoms with Crippen LogP contribution in [0.1, 0.15) is 0 Å². The van der Waals surface area contributed by atoms with Crippen molar-refractivity contribution in [2.75, 3.05) is 0 Å². The van der Waals surface area contributed by atoms with Crippen LogP contribution >= 0.6 is 0 Å². The fraction of sp³-hybridized carbons (Fsp3) is 0. The van der Waals surface area contributed by atoms with E-state index in [1.54, 1.807) is 84.9 Å². The predicted octanol–water partition coefficient (Wildman–Crippen LogP) is 12.9. The van der Waals surface area contributed by atoms with Crippen LogP contribution < -0.4 is 0 Å². The number of hydrogen-bond acceptors (Lipinski definition) is 15. The van der Waals surface area contributed by atoms with Crippen molar-refractivity contribution in [1.29, 1.82) is 0 Å². The largest absolute Gasteiger partial charge is 0.505 e. The van der Waals surface area contributed by atoms with Gasteiger partial charge in [0.05, 0.1) is 39.0 Å². The van der Waals surface area contributed by atoms with E-state index in [-0.39, 0.29) is 38.1 Å². The second-order valence-corrected chi connectivity index (χ2v) is 20.5. The Bertz CT molecular complexity index is 4580. The molecule has 0 amide bonds. The molecule has 0 aliphatic heterocycles. The molecule has 0 atom stereocenters. The Labute approximate surface area is 407 Å². The van der Waals surface area contributed by atoms with E-state index in [9.17, 15) is 44.0 Å². The van der Waals surface area contributed by atoms with Crippen molar-refractivity contribution in [3.05, 3.63) is 164 Å². The summed E-state index contributed by atoms with van der Waals surface area (Å²) >= 11 is 0. The lowest BCUT2D eigenvalue weighted by Crippen LogP contribution is -2.04. The van der Waals surface area contributed by atoms with E-state index in [1.807, 2.05) is 48.5 Å². The maximum atomic E-state index is 12.2. The van der Waals surface area contributed by atoms with Crippen molar-refractivity contribution in [2.24, 2.45) is 30.7 Å². The topological polar surface area (TPSA) is 288 Å². The highest BCUT2D eigenvalue weighted by Gasteiger charge is 2.23. The summed E-state index contributed by atoms with van der Waals surface area (Å²) in [6.45, 7) is 0. The van der Waals surface area contributed by atoms with Crippen LogP contribution in [0.25, 0.3) is 70.6 Å². The Kier molecular flexibility index (Phi) is 11.0. The number of benzene rings is 10. The van der Waals surface area contributed by atoms with Gasteiger partial charge in [-0.25, -0.2) is 0 Å². The standard InChI is InChI=1S/C50H31N9O10S3/c60-50-33-16-15-31(59-57-45-19-17-38-40(49(45)58-59)26-32(70(61,62)63)27-48(38)72(67,68)69)24-29(33)13-18-46(50)56-55-44-23-22-43(36-9-3-4-10-37(36)44)54-53-42-21-20-41(34-7-1-2-8-35(34)42)52-51-30-14-12-28-6-5-11-47(39(28)25-30)71(64,65)66/h1-27,60H,(H,61,62,63)(H,64,65,66)(H,67,68,69). The van der Waals surface area contributed by atoms with Gasteiger partial charge >= 0.3 is 0 Å². The average molecular weight is 1010 g/mol. The van der Waals surface area contributed by atoms with Crippen LogP contribution in [0.4, 0.5) is 34.1 Å². The molecule has 11 aromatic rings. The smallest absolute Gasteiger partial charge is 0.295 e. The Morgan fingerprint density at radius 2 is 0.931 bits per heavy atom. The summed E-state index contributed by atoms with van der Waals surface area (Å²) in [5.41, 5.74) is 3.50. The number of phenols is 1. The van der Waals surface area contributed by atoms with Crippen molar-refractivity contribution in [1.82, 2.24) is 15.0 Å². The second-order valence-electron chi connectivity index (χ2n) is 16.3. The third kappa shape index (κ3) is 8.44. The maximum Gasteiger partial charge on any atom is 0.295 e. The zero-order valence-corrected chi connectivity index (χ0v) is 39.0. The lowest BCUT2D eigenvalue weighted by Gasteiger charge is -2.07. The molecule has 0 spiro atoms. The van der Waals surface area contributed by atoms with Crippen LogP contribution in [0.15, 0.2) is 209 Å². The van der Waals surface area contributed by atoms with Gasteiger partial charge in [0.25, 0.3) is 30.4 Å². The first kappa shape index (κ1) is 45.7. The van der Waals surface area contributed by atoms with Crippen LogP contribution in [0.2, 0.25) is 0 Å². The molecule has 0 radical (unpaired) electrons. The van der Waals surface area contributed by atoms with Crippen LogP contribution in [-0.2, 0) is 30.4 Å². The van der Waals surface area contributed by atoms with Crippen molar-refractivity contribution < 1.29 is 44.0 Å². The number of fused-ring (bicyclic) bond motifs is 7. The van der Waals surface area contributed by atoms with Crippen molar-refractivity contribution in [2.45, 2.75) is 14.7 Å². The molecule has 10 aromatic carbocycles. The van der Waals surface area contributed by atoms with E-state index in [1.165, 1.54) is 23.0 Å². The number of azo groups is 3. The van der Waals surface area contributed by atoms with E-state index in [2.05, 4.69) is 40.9 Å². The molecule has 19 nitrogen and oxygen atoms in total. The van der Waals surface area contributed by atoms with Gasteiger partial charge in [0.2, 0.25) is 0 Å². The molecule has 0 bridgehead atoms. The molecule has 0 saturated heterocycles. The van der Waals surface area contributed by atoms with E-state index in [0.29, 0.717) is 61.7 Å². The normalized spacial score (nSPS) is 12.9. The van der Waals surface area contributed by atoms with Gasteiger partial charge in [-0.1, -0.05) is 78.9 Å². The maximum absolute atomic E-state index is 12.2. The number of aromatic nitrogens is 3. The molecule has 11 rings (SSSR count). The molecular weight excluding hydrogens is 983 g/mol. The van der Waals surface area contributed by atoms with E-state index in [4.69, 9.17) is 0 Å². The summed E-state index contributed by atoms with van der Waals surface area (Å²) in [4.78, 5) is -0.468. The van der Waals surface area contributed by atoms with Gasteiger partial charge in [0.15, 0.2) is 5.75 Å². The third-order valence-electron chi connectivity index (χ3n) is 11.8. The SMILES string of the molecule is O=S(=O)(O)c1cc(S(=O)(=O)O)c2ccc3nn(-c4ccc5c(O)c(N=Nc6ccc(N=Nc7ccc(N=Nc8ccc9cccc(S(=O)(=O)O)c9c8)c8ccccc78)c7ccccc67)ccc5c4)nc3c2c1. The third-order valence-corrected chi connectivity index (χ3v) is 14.5. The number of nitrogens with zero attached hydrogens (tertiary/aromatic N) is 9. The van der Waals surface area contributed by atoms with Crippen molar-refractivity contribution in [3.63, 3.8) is 0 Å². The number of aromatic hydroxyl groups is 1. The summed E-state index contributed by atoms with van der Waals surface area (Å²) < 4.78 is 102. The van der Waals surface area contributed by atoms with Crippen LogP contribution in [0.5, 0.6) is 5.75 Å². The first-order chi connectivity index (χ1) is 34.5. The molecule has 354 valence electrons. The van der Waals surface area contributed by atoms with E-state index >= 15 is 0 Å². The van der Waals surface area contributed by atoms with Crippen molar-refractivity contribution >= 4 is 129 Å². The van der Waals surface area contributed by atoms with Gasteiger partial charge in [0.1, 0.15) is 26.5 Å². The number of phenolic OH excluding ortho intramolecular Hbond substituents is 1. The number of hydrogen-bond donors (Lipinski definition) is 4. The van der Waals surface area contributed by atoms with E-state index in [0.717, 1.165) is 27.6 Å². The quantitative estimate of drug-likeness (QED) is 0.0735. The summed E-state index contributed by atoms with van der Waals surface area (Å²) in [5.74, 6) is -0.153. The predicted molar refractivity (Wildman–Crippen MR) is 269 cm³/mol. The minimum Gasteiger partial charge on any atom is -0.505 e. The Hall–Kier alpha value is -8.77. The molecule has 22 heteroatoms. The van der Waals surface area contributed by atoms with Crippen molar-refractivity contribution in [3.8, 4) is 11.4 Å². The molecule has 4 N–H and O–H groups in total. The molecule has 72 heavy (non-hydrogen) atoms. The Morgan fingerprint density at radius 3 is 1.51 bits per heavy atom. The van der Waals surface area contributed by atoms with Gasteiger partial charge < -0.3 is 5.11 Å². The van der Waals surface area contributed by atoms with Crippen LogP contribution in [0, 0.1) is 0 Å². The van der Waals surface area contributed by atoms with Crippen LogP contribution in [0.3, 0.4) is 0 Å². The monoisotopic (exact) mass is 1010 g/mol. The fourth-order valence-electron chi connectivity index (χ4n) is 8.45. The molecule has 0 aliphatic carbocycles. The van der Waals surface area contributed by atoms with Crippen LogP contribution in [-0.4, -0.2) is 59.0 Å². The lowest BCUT2D eigenvalue weighted by atomic mass is 10.1. The summed E-state index contributed by atoms with van der Waals surface area (Å²) in [7, 11) is -14.3. The second kappa shape index (κ2) is 17.3. The molecule has 1 aromatic heterocycles. The lowest BCUT2D eigenvalue weighted by molar-refractivity contribution is 0.479. The Morgan fingerprint density at radius 1 is 0.389 bits per heavy atom. The van der Waals surface area contributed by atoms with Gasteiger partial charge in [-0.2, -0.15) is 35.2 Å². The first-order valence-corrected chi connectivity index (χ1v) is 25.6. The van der Waals surface area contributed by atoms with Gasteiger partial charge in [-0.15, -0.1) is 35.8 Å². The molecule has 0 saturated carbocycles. The minimum absolute atomic E-state index is 0.00309. The van der Waals surface area contributed by atoms with Gasteiger partial charge in [0, 0.05) is 43.1 Å². The summed E-state index contributed by atoms with van der Waals surface area (Å²) in [6.07, 6.45) is 0. The highest BCUT2D eigenvalue weighted by molar-refractivity contribution is 7.87. The zero-order valence-electron chi connectivity index (χ0n) is 36.6. The average Bonchev–Trinajstić information content (AvgIpc) is 3.81. The van der Waals surface area contributed by atoms with E-state index < -0.39 is 40.1 Å². The molecular formula is C50H31N9O10S3. The molecule has 0 unspecified atom stereocenters. The molecule has 0 fully saturated rings. The summed E-state index contributed by atoms with van der Waals surface area (Å²) in [5, 5.41) is 52.3. The summed E-state index contributed by atoms with van der Waals surface area (Å²) in [6, 6.07) is 44.4. The molecule has 0 aliphatic rings. The first-order valence-electron chi connectivity index (χ1n) is 21.3. The van der Waals surface area contributed by atoms with Gasteiger partial charge in [-0.3, -0.25) is 13.7 Å². The van der Waals surface area contributed by atoms with Gasteiger partial charge in [-0.05, 0) is 95.7 Å². The number of rotatable bonds is 10. The fourth-order valence-corrected chi connectivity index (χ4v) is 10.5. The highest BCUT2D eigenvalue weighted by atomic mass is 32.2. The highest BCUT2D eigenvalue weighted by Crippen LogP contribution is 2.41. The molecule has 1 heterocycles. The Balaban J connectivity index is 0.862. The minimum atomic E-state index is -4.91. The zero-order chi connectivity index (χ0) is 50.1.